The lowest BCUT2D eigenvalue weighted by Crippen LogP contribution is -2.19. The molecule has 0 saturated heterocycles. The number of thioether (sulfide) groups is 2. The van der Waals surface area contributed by atoms with Crippen LogP contribution in [0.3, 0.4) is 0 Å². The summed E-state index contributed by atoms with van der Waals surface area (Å²) in [4.78, 5) is 15.8. The Bertz CT molecular complexity index is 1030. The molecule has 0 aliphatic carbocycles. The third-order valence-corrected chi connectivity index (χ3v) is 9.77. The molecule has 0 bridgehead atoms. The SMILES string of the molecule is CCn1ncc(C(=O)c2cc(C)c3c(c2C)C2=C(CS3(O)O)SCCS2)c1O. The first-order valence-corrected chi connectivity index (χ1v) is 12.6. The maximum absolute atomic E-state index is 13.2. The number of rotatable bonds is 3. The Morgan fingerprint density at radius 1 is 1.25 bits per heavy atom. The fourth-order valence-electron chi connectivity index (χ4n) is 3.77. The van der Waals surface area contributed by atoms with Gasteiger partial charge in [0.2, 0.25) is 5.88 Å². The summed E-state index contributed by atoms with van der Waals surface area (Å²) in [6.07, 6.45) is 1.39. The van der Waals surface area contributed by atoms with Gasteiger partial charge in [0.1, 0.15) is 5.56 Å². The summed E-state index contributed by atoms with van der Waals surface area (Å²) in [6, 6.07) is 1.71. The monoisotopic (exact) mass is 438 g/mol. The van der Waals surface area contributed by atoms with Crippen molar-refractivity contribution >= 4 is 44.8 Å². The van der Waals surface area contributed by atoms with Crippen molar-refractivity contribution in [2.75, 3.05) is 17.3 Å². The van der Waals surface area contributed by atoms with Crippen molar-refractivity contribution in [2.24, 2.45) is 0 Å². The van der Waals surface area contributed by atoms with E-state index in [-0.39, 0.29) is 23.0 Å². The first-order valence-electron chi connectivity index (χ1n) is 8.95. The van der Waals surface area contributed by atoms with E-state index in [4.69, 9.17) is 0 Å². The van der Waals surface area contributed by atoms with Crippen LogP contribution in [0.25, 0.3) is 4.91 Å². The van der Waals surface area contributed by atoms with Crippen molar-refractivity contribution in [3.63, 3.8) is 0 Å². The molecule has 0 radical (unpaired) electrons. The van der Waals surface area contributed by atoms with Gasteiger partial charge in [-0.05, 0) is 38.0 Å². The van der Waals surface area contributed by atoms with Crippen LogP contribution in [-0.2, 0) is 6.54 Å². The van der Waals surface area contributed by atoms with E-state index in [1.165, 1.54) is 10.9 Å². The predicted molar refractivity (Wildman–Crippen MR) is 117 cm³/mol. The van der Waals surface area contributed by atoms with E-state index >= 15 is 0 Å². The molecule has 9 heteroatoms. The van der Waals surface area contributed by atoms with Crippen molar-refractivity contribution in [2.45, 2.75) is 32.2 Å². The van der Waals surface area contributed by atoms with E-state index in [2.05, 4.69) is 5.10 Å². The lowest BCUT2D eigenvalue weighted by atomic mass is 9.93. The molecule has 4 rings (SSSR count). The minimum absolute atomic E-state index is 0.144. The van der Waals surface area contributed by atoms with E-state index in [0.29, 0.717) is 22.6 Å². The fourth-order valence-corrected chi connectivity index (χ4v) is 8.90. The molecule has 0 amide bonds. The van der Waals surface area contributed by atoms with Crippen molar-refractivity contribution in [3.05, 3.63) is 45.0 Å². The van der Waals surface area contributed by atoms with Gasteiger partial charge in [0, 0.05) is 39.0 Å². The van der Waals surface area contributed by atoms with E-state index in [1.807, 2.05) is 20.8 Å². The first kappa shape index (κ1) is 19.9. The van der Waals surface area contributed by atoms with Crippen LogP contribution in [0.5, 0.6) is 5.88 Å². The highest BCUT2D eigenvalue weighted by Gasteiger charge is 2.36. The number of fused-ring (bicyclic) bond motifs is 2. The van der Waals surface area contributed by atoms with E-state index in [9.17, 15) is 19.0 Å². The summed E-state index contributed by atoms with van der Waals surface area (Å²) in [5, 5.41) is 14.4. The summed E-state index contributed by atoms with van der Waals surface area (Å²) < 4.78 is 23.1. The second-order valence-corrected chi connectivity index (χ2v) is 11.2. The number of hydrogen-bond acceptors (Lipinski definition) is 7. The van der Waals surface area contributed by atoms with Gasteiger partial charge in [0.25, 0.3) is 0 Å². The fraction of sp³-hybridized carbons (Fsp3) is 0.368. The molecule has 2 aliphatic heterocycles. The van der Waals surface area contributed by atoms with Crippen molar-refractivity contribution in [1.82, 2.24) is 9.78 Å². The summed E-state index contributed by atoms with van der Waals surface area (Å²) in [5.74, 6) is 1.69. The Morgan fingerprint density at radius 3 is 2.64 bits per heavy atom. The van der Waals surface area contributed by atoms with E-state index < -0.39 is 10.6 Å². The second kappa shape index (κ2) is 7.14. The lowest BCUT2D eigenvalue weighted by Gasteiger charge is -2.42. The largest absolute Gasteiger partial charge is 0.493 e. The average molecular weight is 439 g/mol. The summed E-state index contributed by atoms with van der Waals surface area (Å²) >= 11 is 3.38. The predicted octanol–water partition coefficient (Wildman–Crippen LogP) is 4.73. The number of ketones is 1. The Morgan fingerprint density at radius 2 is 1.96 bits per heavy atom. The van der Waals surface area contributed by atoms with Crippen LogP contribution >= 0.6 is 34.1 Å². The molecule has 0 unspecified atom stereocenters. The van der Waals surface area contributed by atoms with Crippen LogP contribution in [0, 0.1) is 13.8 Å². The zero-order chi connectivity index (χ0) is 20.2. The number of aromatic hydroxyl groups is 1. The number of hydrogen-bond donors (Lipinski definition) is 3. The zero-order valence-electron chi connectivity index (χ0n) is 15.9. The van der Waals surface area contributed by atoms with Gasteiger partial charge < -0.3 is 5.11 Å². The Balaban J connectivity index is 1.93. The molecular formula is C19H22N2O4S3. The molecule has 2 aliphatic rings. The molecular weight excluding hydrogens is 416 g/mol. The minimum atomic E-state index is -2.95. The maximum atomic E-state index is 13.2. The number of aromatic nitrogens is 2. The highest BCUT2D eigenvalue weighted by Crippen LogP contribution is 2.63. The molecule has 0 atom stereocenters. The number of carbonyl (C=O) groups is 1. The summed E-state index contributed by atoms with van der Waals surface area (Å²) in [5.41, 5.74) is 2.81. The Hall–Kier alpha value is -1.39. The molecule has 0 spiro atoms. The van der Waals surface area contributed by atoms with Gasteiger partial charge in [-0.15, -0.1) is 23.5 Å². The second-order valence-electron chi connectivity index (χ2n) is 6.86. The number of benzene rings is 1. The van der Waals surface area contributed by atoms with Crippen molar-refractivity contribution in [1.29, 1.82) is 0 Å². The molecule has 150 valence electrons. The zero-order valence-corrected chi connectivity index (χ0v) is 18.3. The van der Waals surface area contributed by atoms with Crippen LogP contribution in [0.2, 0.25) is 0 Å². The van der Waals surface area contributed by atoms with E-state index in [0.717, 1.165) is 32.4 Å². The Labute approximate surface area is 173 Å². The molecule has 1 aromatic carbocycles. The van der Waals surface area contributed by atoms with Crippen LogP contribution in [0.1, 0.15) is 39.5 Å². The van der Waals surface area contributed by atoms with Gasteiger partial charge in [-0.1, -0.05) is 0 Å². The van der Waals surface area contributed by atoms with Gasteiger partial charge in [0.05, 0.1) is 16.8 Å². The molecule has 0 saturated carbocycles. The lowest BCUT2D eigenvalue weighted by molar-refractivity contribution is 0.103. The number of aryl methyl sites for hydroxylation is 2. The molecule has 0 fully saturated rings. The normalized spacial score (nSPS) is 19.2. The highest BCUT2D eigenvalue weighted by molar-refractivity contribution is 8.26. The standard InChI is InChI=1S/C19H22N2O4S3/c1-4-21-19(23)13(8-20-21)16(22)12-7-10(2)18-15(11(12)3)17-14(9-28(18,24)25)26-5-6-27-17/h7-8,23-25H,4-6,9H2,1-3H3. The average Bonchev–Trinajstić information content (AvgIpc) is 3.03. The van der Waals surface area contributed by atoms with Crippen molar-refractivity contribution in [3.8, 4) is 5.88 Å². The van der Waals surface area contributed by atoms with Gasteiger partial charge in [0.15, 0.2) is 5.78 Å². The van der Waals surface area contributed by atoms with Gasteiger partial charge in [-0.2, -0.15) is 15.7 Å². The quantitative estimate of drug-likeness (QED) is 0.596. The molecule has 6 nitrogen and oxygen atoms in total. The highest BCUT2D eigenvalue weighted by atomic mass is 32.3. The van der Waals surface area contributed by atoms with Gasteiger partial charge in [-0.3, -0.25) is 13.9 Å². The third-order valence-electron chi connectivity index (χ3n) is 5.07. The summed E-state index contributed by atoms with van der Waals surface area (Å²) in [6.45, 7) is 5.96. The van der Waals surface area contributed by atoms with E-state index in [1.54, 1.807) is 29.6 Å². The van der Waals surface area contributed by atoms with Crippen LogP contribution in [0.15, 0.2) is 22.1 Å². The minimum Gasteiger partial charge on any atom is -0.493 e. The smallest absolute Gasteiger partial charge is 0.220 e. The Kier molecular flexibility index (Phi) is 5.08. The van der Waals surface area contributed by atoms with Crippen LogP contribution in [-0.4, -0.2) is 47.0 Å². The molecule has 1 aromatic heterocycles. The van der Waals surface area contributed by atoms with Gasteiger partial charge in [-0.25, -0.2) is 4.68 Å². The third kappa shape index (κ3) is 3.00. The number of nitrogens with zero attached hydrogens (tertiary/aromatic N) is 2. The molecule has 3 heterocycles. The molecule has 2 aromatic rings. The first-order chi connectivity index (χ1) is 13.3. The van der Waals surface area contributed by atoms with Crippen LogP contribution in [0.4, 0.5) is 0 Å². The number of carbonyl (C=O) groups excluding carboxylic acids is 1. The molecule has 3 N–H and O–H groups in total. The van der Waals surface area contributed by atoms with Gasteiger partial charge >= 0.3 is 0 Å². The summed E-state index contributed by atoms with van der Waals surface area (Å²) in [7, 11) is -2.95. The van der Waals surface area contributed by atoms with Crippen LogP contribution < -0.4 is 0 Å². The topological polar surface area (TPSA) is 95.6 Å². The van der Waals surface area contributed by atoms with Crippen molar-refractivity contribution < 1.29 is 19.0 Å². The maximum Gasteiger partial charge on any atom is 0.220 e. The molecule has 28 heavy (non-hydrogen) atoms.